The van der Waals surface area contributed by atoms with E-state index in [9.17, 15) is 0 Å². The number of unbranched alkanes of at least 4 members (excludes halogenated alkanes) is 2. The van der Waals surface area contributed by atoms with Gasteiger partial charge in [0.15, 0.2) is 0 Å². The molecular formula is C33H52N4. The van der Waals surface area contributed by atoms with E-state index in [0.717, 1.165) is 95.4 Å². The van der Waals surface area contributed by atoms with Gasteiger partial charge >= 0.3 is 0 Å². The maximum Gasteiger partial charge on any atom is 0.0975 e. The molecule has 2 rings (SSSR count). The van der Waals surface area contributed by atoms with Crippen LogP contribution >= 0.6 is 0 Å². The van der Waals surface area contributed by atoms with Crippen LogP contribution in [0.1, 0.15) is 109 Å². The minimum absolute atomic E-state index is 0.865. The van der Waals surface area contributed by atoms with E-state index in [0.29, 0.717) is 0 Å². The molecule has 0 fully saturated rings. The lowest BCUT2D eigenvalue weighted by Gasteiger charge is -2.16. The predicted octanol–water partition coefficient (Wildman–Crippen LogP) is 9.03. The Morgan fingerprint density at radius 2 is 0.865 bits per heavy atom. The van der Waals surface area contributed by atoms with Gasteiger partial charge in [-0.3, -0.25) is 9.98 Å². The summed E-state index contributed by atoms with van der Waals surface area (Å²) in [7, 11) is 0. The summed E-state index contributed by atoms with van der Waals surface area (Å²) < 4.78 is 0. The molecule has 2 aromatic carbocycles. The van der Waals surface area contributed by atoms with Crippen molar-refractivity contribution in [1.82, 2.24) is 0 Å². The number of hydrogen-bond acceptors (Lipinski definition) is 2. The number of amidine groups is 2. The van der Waals surface area contributed by atoms with Gasteiger partial charge in [0, 0.05) is 24.5 Å². The van der Waals surface area contributed by atoms with Gasteiger partial charge in [0.05, 0.1) is 11.7 Å². The van der Waals surface area contributed by atoms with E-state index in [-0.39, 0.29) is 0 Å². The van der Waals surface area contributed by atoms with Gasteiger partial charge in [0.25, 0.3) is 0 Å². The molecule has 0 aliphatic carbocycles. The van der Waals surface area contributed by atoms with Crippen LogP contribution in [0.25, 0.3) is 0 Å². The van der Waals surface area contributed by atoms with Gasteiger partial charge in [0.2, 0.25) is 0 Å². The molecule has 2 N–H and O–H groups in total. The molecule has 37 heavy (non-hydrogen) atoms. The number of anilines is 2. The molecule has 2 aromatic rings. The first kappa shape index (κ1) is 30.6. The minimum Gasteiger partial charge on any atom is -0.344 e. The SMILES string of the molecule is CCCc1cccc(CCC)c1NC(C)=NCCCCCN=C(C)Nc1c(CCC)cccc1CCC. The van der Waals surface area contributed by atoms with Crippen LogP contribution in [0.4, 0.5) is 11.4 Å². The standard InChI is InChI=1S/C33H52N4/c1-7-16-28-20-14-21-29(17-8-2)32(28)36-26(5)34-24-12-11-13-25-35-27(6)37-33-30(18-9-3)22-15-23-31(33)19-10-4/h14-15,20-23H,7-13,16-19,24-25H2,1-6H3,(H,34,36)(H,35,37). The van der Waals surface area contributed by atoms with Gasteiger partial charge < -0.3 is 10.6 Å². The van der Waals surface area contributed by atoms with Crippen molar-refractivity contribution in [3.63, 3.8) is 0 Å². The third-order valence-electron chi connectivity index (χ3n) is 6.68. The van der Waals surface area contributed by atoms with Crippen LogP contribution in [-0.4, -0.2) is 24.8 Å². The summed E-state index contributed by atoms with van der Waals surface area (Å²) in [6, 6.07) is 13.4. The van der Waals surface area contributed by atoms with E-state index in [1.54, 1.807) is 0 Å². The predicted molar refractivity (Wildman–Crippen MR) is 166 cm³/mol. The van der Waals surface area contributed by atoms with E-state index in [1.165, 1.54) is 33.6 Å². The smallest absolute Gasteiger partial charge is 0.0975 e. The molecule has 0 spiro atoms. The summed E-state index contributed by atoms with van der Waals surface area (Å²) in [5.74, 6) is 2.04. The molecule has 0 saturated heterocycles. The Kier molecular flexibility index (Phi) is 14.7. The third-order valence-corrected chi connectivity index (χ3v) is 6.68. The first-order valence-electron chi connectivity index (χ1n) is 14.8. The molecular weight excluding hydrogens is 452 g/mol. The number of aliphatic imine (C=N–C) groups is 2. The second-order valence-electron chi connectivity index (χ2n) is 10.1. The summed E-state index contributed by atoms with van der Waals surface area (Å²) in [6.45, 7) is 14.9. The van der Waals surface area contributed by atoms with Gasteiger partial charge in [0.1, 0.15) is 0 Å². The number of para-hydroxylation sites is 2. The minimum atomic E-state index is 0.865. The highest BCUT2D eigenvalue weighted by atomic mass is 15.0. The van der Waals surface area contributed by atoms with Crippen molar-refractivity contribution in [2.24, 2.45) is 9.98 Å². The Hall–Kier alpha value is -2.62. The van der Waals surface area contributed by atoms with Crippen LogP contribution in [0.2, 0.25) is 0 Å². The zero-order valence-electron chi connectivity index (χ0n) is 24.6. The van der Waals surface area contributed by atoms with Crippen molar-refractivity contribution in [3.8, 4) is 0 Å². The lowest BCUT2D eigenvalue weighted by atomic mass is 10.00. The third kappa shape index (κ3) is 10.7. The molecule has 204 valence electrons. The number of benzene rings is 2. The van der Waals surface area contributed by atoms with Crippen LogP contribution in [0.5, 0.6) is 0 Å². The Balaban J connectivity index is 1.82. The molecule has 0 radical (unpaired) electrons. The van der Waals surface area contributed by atoms with Gasteiger partial charge in [-0.25, -0.2) is 0 Å². The molecule has 0 heterocycles. The van der Waals surface area contributed by atoms with Crippen LogP contribution in [0.15, 0.2) is 46.4 Å². The van der Waals surface area contributed by atoms with Crippen LogP contribution in [0, 0.1) is 0 Å². The fourth-order valence-electron chi connectivity index (χ4n) is 4.87. The molecule has 4 nitrogen and oxygen atoms in total. The maximum absolute atomic E-state index is 4.82. The van der Waals surface area contributed by atoms with E-state index in [2.05, 4.69) is 88.6 Å². The van der Waals surface area contributed by atoms with Gasteiger partial charge in [-0.05, 0) is 81.0 Å². The van der Waals surface area contributed by atoms with Crippen LogP contribution in [-0.2, 0) is 25.7 Å². The lowest BCUT2D eigenvalue weighted by molar-refractivity contribution is 0.696. The molecule has 0 amide bonds. The topological polar surface area (TPSA) is 48.8 Å². The van der Waals surface area contributed by atoms with Crippen molar-refractivity contribution < 1.29 is 0 Å². The molecule has 0 aromatic heterocycles. The Morgan fingerprint density at radius 3 is 1.16 bits per heavy atom. The molecule has 0 aliphatic heterocycles. The fourth-order valence-corrected chi connectivity index (χ4v) is 4.87. The highest BCUT2D eigenvalue weighted by molar-refractivity contribution is 5.95. The normalized spacial score (nSPS) is 12.2. The molecule has 0 atom stereocenters. The number of nitrogens with zero attached hydrogens (tertiary/aromatic N) is 2. The Bertz CT molecular complexity index is 862. The van der Waals surface area contributed by atoms with Crippen molar-refractivity contribution in [2.75, 3.05) is 23.7 Å². The second kappa shape index (κ2) is 17.8. The van der Waals surface area contributed by atoms with Gasteiger partial charge in [-0.2, -0.15) is 0 Å². The van der Waals surface area contributed by atoms with Crippen molar-refractivity contribution in [1.29, 1.82) is 0 Å². The summed E-state index contributed by atoms with van der Waals surface area (Å²) in [5, 5.41) is 7.27. The average Bonchev–Trinajstić information content (AvgIpc) is 2.88. The first-order valence-corrected chi connectivity index (χ1v) is 14.8. The lowest BCUT2D eigenvalue weighted by Crippen LogP contribution is -2.12. The van der Waals surface area contributed by atoms with Crippen molar-refractivity contribution >= 4 is 23.0 Å². The molecule has 4 heteroatoms. The zero-order valence-corrected chi connectivity index (χ0v) is 24.6. The van der Waals surface area contributed by atoms with E-state index >= 15 is 0 Å². The number of aryl methyl sites for hydroxylation is 4. The Labute approximate surface area is 227 Å². The summed E-state index contributed by atoms with van der Waals surface area (Å²) >= 11 is 0. The van der Waals surface area contributed by atoms with Crippen LogP contribution < -0.4 is 10.6 Å². The highest BCUT2D eigenvalue weighted by Gasteiger charge is 2.09. The summed E-state index contributed by atoms with van der Waals surface area (Å²) in [5.41, 5.74) is 8.20. The van der Waals surface area contributed by atoms with Gasteiger partial charge in [-0.15, -0.1) is 0 Å². The molecule has 0 saturated carbocycles. The quantitative estimate of drug-likeness (QED) is 0.136. The summed E-state index contributed by atoms with van der Waals surface area (Å²) in [6.07, 6.45) is 12.4. The fraction of sp³-hybridized carbons (Fsp3) is 0.576. The van der Waals surface area contributed by atoms with Crippen LogP contribution in [0.3, 0.4) is 0 Å². The van der Waals surface area contributed by atoms with Crippen molar-refractivity contribution in [3.05, 3.63) is 58.7 Å². The molecule has 0 aliphatic rings. The van der Waals surface area contributed by atoms with E-state index < -0.39 is 0 Å². The van der Waals surface area contributed by atoms with Crippen molar-refractivity contribution in [2.45, 2.75) is 112 Å². The average molecular weight is 505 g/mol. The summed E-state index contributed by atoms with van der Waals surface area (Å²) in [4.78, 5) is 9.64. The largest absolute Gasteiger partial charge is 0.344 e. The zero-order chi connectivity index (χ0) is 26.9. The monoisotopic (exact) mass is 504 g/mol. The maximum atomic E-state index is 4.82. The Morgan fingerprint density at radius 1 is 0.541 bits per heavy atom. The van der Waals surface area contributed by atoms with E-state index in [1.807, 2.05) is 0 Å². The number of hydrogen-bond donors (Lipinski definition) is 2. The van der Waals surface area contributed by atoms with E-state index in [4.69, 9.17) is 9.98 Å². The highest BCUT2D eigenvalue weighted by Crippen LogP contribution is 2.25. The number of nitrogens with one attached hydrogen (secondary N) is 2. The molecule has 0 bridgehead atoms. The second-order valence-corrected chi connectivity index (χ2v) is 10.1. The number of rotatable bonds is 16. The van der Waals surface area contributed by atoms with Gasteiger partial charge in [-0.1, -0.05) is 89.8 Å². The molecule has 0 unspecified atom stereocenters. The first-order chi connectivity index (χ1) is 18.0.